The van der Waals surface area contributed by atoms with Gasteiger partial charge in [0.1, 0.15) is 0 Å². The molecule has 0 aliphatic heterocycles. The monoisotopic (exact) mass is 246 g/mol. The van der Waals surface area contributed by atoms with Crippen molar-refractivity contribution in [1.82, 2.24) is 0 Å². The van der Waals surface area contributed by atoms with Gasteiger partial charge in [0.25, 0.3) is 0 Å². The summed E-state index contributed by atoms with van der Waals surface area (Å²) in [6.07, 6.45) is 7.22. The summed E-state index contributed by atoms with van der Waals surface area (Å²) >= 11 is 0. The zero-order chi connectivity index (χ0) is 13.4. The Morgan fingerprint density at radius 1 is 1.06 bits per heavy atom. The van der Waals surface area contributed by atoms with E-state index >= 15 is 0 Å². The number of Topliss-reactive ketones (excluding diaryl/α,β-unsaturated/α-hetero) is 1. The average molecular weight is 246 g/mol. The van der Waals surface area contributed by atoms with E-state index in [1.165, 1.54) is 31.2 Å². The minimum Gasteiger partial charge on any atom is -0.294 e. The summed E-state index contributed by atoms with van der Waals surface area (Å²) in [6, 6.07) is 8.20. The Balaban J connectivity index is 2.49. The molecule has 1 aromatic rings. The summed E-state index contributed by atoms with van der Waals surface area (Å²) in [5.74, 6) is 0.412. The number of rotatable bonds is 8. The maximum Gasteiger partial charge on any atom is 0.165 e. The summed E-state index contributed by atoms with van der Waals surface area (Å²) in [5, 5.41) is 0. The molecule has 1 nitrogen and oxygen atoms in total. The largest absolute Gasteiger partial charge is 0.294 e. The summed E-state index contributed by atoms with van der Waals surface area (Å²) in [5.41, 5.74) is 2.22. The lowest BCUT2D eigenvalue weighted by molar-refractivity contribution is 0.0927. The number of aryl methyl sites for hydroxylation is 1. The van der Waals surface area contributed by atoms with Crippen LogP contribution >= 0.6 is 0 Å². The molecule has 1 heteroatoms. The molecular weight excluding hydrogens is 220 g/mol. The maximum atomic E-state index is 12.0. The molecule has 0 saturated carbocycles. The van der Waals surface area contributed by atoms with Gasteiger partial charge in [0.05, 0.1) is 0 Å². The van der Waals surface area contributed by atoms with Gasteiger partial charge in [-0.25, -0.2) is 0 Å². The van der Waals surface area contributed by atoms with Crippen LogP contribution in [-0.2, 0) is 6.42 Å². The van der Waals surface area contributed by atoms with Crippen molar-refractivity contribution in [2.75, 3.05) is 0 Å². The lowest BCUT2D eigenvalue weighted by atomic mass is 9.96. The molecule has 0 fully saturated rings. The third-order valence-electron chi connectivity index (χ3n) is 3.62. The third-order valence-corrected chi connectivity index (χ3v) is 3.62. The SMILES string of the molecule is CCCCCCc1ccc(C(=O)C(C)CC)cc1. The van der Waals surface area contributed by atoms with E-state index < -0.39 is 0 Å². The predicted molar refractivity (Wildman–Crippen MR) is 78.1 cm³/mol. The molecule has 0 aromatic heterocycles. The summed E-state index contributed by atoms with van der Waals surface area (Å²) in [7, 11) is 0. The van der Waals surface area contributed by atoms with Gasteiger partial charge < -0.3 is 0 Å². The van der Waals surface area contributed by atoms with Crippen molar-refractivity contribution in [3.05, 3.63) is 35.4 Å². The van der Waals surface area contributed by atoms with Gasteiger partial charge in [0, 0.05) is 11.5 Å². The quantitative estimate of drug-likeness (QED) is 0.464. The highest BCUT2D eigenvalue weighted by atomic mass is 16.1. The maximum absolute atomic E-state index is 12.0. The van der Waals surface area contributed by atoms with Crippen LogP contribution < -0.4 is 0 Å². The Labute approximate surface area is 112 Å². The second-order valence-corrected chi connectivity index (χ2v) is 5.18. The zero-order valence-corrected chi connectivity index (χ0v) is 12.0. The normalized spacial score (nSPS) is 12.4. The van der Waals surface area contributed by atoms with Crippen molar-refractivity contribution in [2.24, 2.45) is 5.92 Å². The second kappa shape index (κ2) is 8.07. The van der Waals surface area contributed by atoms with Crippen LogP contribution in [-0.4, -0.2) is 5.78 Å². The van der Waals surface area contributed by atoms with Crippen molar-refractivity contribution in [3.63, 3.8) is 0 Å². The van der Waals surface area contributed by atoms with Crippen LogP contribution in [0.15, 0.2) is 24.3 Å². The molecule has 0 aliphatic rings. The van der Waals surface area contributed by atoms with Gasteiger partial charge in [-0.15, -0.1) is 0 Å². The molecule has 0 N–H and O–H groups in total. The van der Waals surface area contributed by atoms with Gasteiger partial charge in [0.15, 0.2) is 5.78 Å². The molecule has 0 spiro atoms. The smallest absolute Gasteiger partial charge is 0.165 e. The van der Waals surface area contributed by atoms with E-state index in [9.17, 15) is 4.79 Å². The van der Waals surface area contributed by atoms with Gasteiger partial charge in [-0.05, 0) is 24.8 Å². The molecule has 0 bridgehead atoms. The number of hydrogen-bond acceptors (Lipinski definition) is 1. The van der Waals surface area contributed by atoms with Crippen molar-refractivity contribution in [2.45, 2.75) is 59.3 Å². The number of carbonyl (C=O) groups excluding carboxylic acids is 1. The molecule has 1 aromatic carbocycles. The fourth-order valence-electron chi connectivity index (χ4n) is 2.06. The van der Waals surface area contributed by atoms with Gasteiger partial charge in [-0.3, -0.25) is 4.79 Å². The third kappa shape index (κ3) is 4.64. The zero-order valence-electron chi connectivity index (χ0n) is 12.0. The molecule has 1 rings (SSSR count). The fraction of sp³-hybridized carbons (Fsp3) is 0.588. The van der Waals surface area contributed by atoms with E-state index in [0.717, 1.165) is 18.4 Å². The number of ketones is 1. The number of carbonyl (C=O) groups is 1. The van der Waals surface area contributed by atoms with Gasteiger partial charge in [-0.1, -0.05) is 64.3 Å². The molecule has 0 amide bonds. The molecule has 0 radical (unpaired) electrons. The molecule has 0 saturated heterocycles. The number of benzene rings is 1. The van der Waals surface area contributed by atoms with Crippen LogP contribution in [0.25, 0.3) is 0 Å². The minimum absolute atomic E-state index is 0.139. The lowest BCUT2D eigenvalue weighted by Gasteiger charge is -2.08. The highest BCUT2D eigenvalue weighted by molar-refractivity contribution is 5.97. The first-order valence-electron chi connectivity index (χ1n) is 7.32. The van der Waals surface area contributed by atoms with Gasteiger partial charge in [0.2, 0.25) is 0 Å². The lowest BCUT2D eigenvalue weighted by Crippen LogP contribution is -2.09. The van der Waals surface area contributed by atoms with E-state index in [2.05, 4.69) is 26.0 Å². The summed E-state index contributed by atoms with van der Waals surface area (Å²) in [6.45, 7) is 6.29. The van der Waals surface area contributed by atoms with E-state index in [0.29, 0.717) is 0 Å². The van der Waals surface area contributed by atoms with Gasteiger partial charge >= 0.3 is 0 Å². The van der Waals surface area contributed by atoms with Crippen LogP contribution in [0.4, 0.5) is 0 Å². The van der Waals surface area contributed by atoms with Crippen molar-refractivity contribution in [1.29, 1.82) is 0 Å². The van der Waals surface area contributed by atoms with Crippen LogP contribution in [0, 0.1) is 5.92 Å². The predicted octanol–water partition coefficient (Wildman–Crippen LogP) is 5.04. The van der Waals surface area contributed by atoms with Crippen molar-refractivity contribution >= 4 is 5.78 Å². The van der Waals surface area contributed by atoms with Crippen LogP contribution in [0.2, 0.25) is 0 Å². The Morgan fingerprint density at radius 2 is 1.72 bits per heavy atom. The van der Waals surface area contributed by atoms with E-state index in [-0.39, 0.29) is 11.7 Å². The molecule has 0 heterocycles. The highest BCUT2D eigenvalue weighted by Crippen LogP contribution is 2.14. The Hall–Kier alpha value is -1.11. The van der Waals surface area contributed by atoms with Crippen LogP contribution in [0.1, 0.15) is 68.8 Å². The van der Waals surface area contributed by atoms with Crippen molar-refractivity contribution < 1.29 is 4.79 Å². The van der Waals surface area contributed by atoms with Crippen LogP contribution in [0.5, 0.6) is 0 Å². The fourth-order valence-corrected chi connectivity index (χ4v) is 2.06. The molecule has 1 atom stereocenters. The van der Waals surface area contributed by atoms with E-state index in [1.54, 1.807) is 0 Å². The second-order valence-electron chi connectivity index (χ2n) is 5.18. The standard InChI is InChI=1S/C17H26O/c1-4-6-7-8-9-15-10-12-16(13-11-15)17(18)14(3)5-2/h10-14H,4-9H2,1-3H3. The topological polar surface area (TPSA) is 17.1 Å². The van der Waals surface area contributed by atoms with Crippen molar-refractivity contribution in [3.8, 4) is 0 Å². The molecule has 0 aliphatic carbocycles. The number of unbranched alkanes of at least 4 members (excludes halogenated alkanes) is 3. The minimum atomic E-state index is 0.139. The Morgan fingerprint density at radius 3 is 2.28 bits per heavy atom. The van der Waals surface area contributed by atoms with E-state index in [4.69, 9.17) is 0 Å². The number of hydrogen-bond donors (Lipinski definition) is 0. The summed E-state index contributed by atoms with van der Waals surface area (Å²) in [4.78, 5) is 12.0. The molecule has 18 heavy (non-hydrogen) atoms. The Bertz CT molecular complexity index is 350. The van der Waals surface area contributed by atoms with E-state index in [1.807, 2.05) is 19.1 Å². The Kier molecular flexibility index (Phi) is 6.70. The molecular formula is C17H26O. The first-order chi connectivity index (χ1) is 8.69. The molecule has 1 unspecified atom stereocenters. The average Bonchev–Trinajstić information content (AvgIpc) is 2.42. The highest BCUT2D eigenvalue weighted by Gasteiger charge is 2.12. The first-order valence-corrected chi connectivity index (χ1v) is 7.32. The summed E-state index contributed by atoms with van der Waals surface area (Å²) < 4.78 is 0. The van der Waals surface area contributed by atoms with Crippen LogP contribution in [0.3, 0.4) is 0 Å². The first kappa shape index (κ1) is 14.9. The van der Waals surface area contributed by atoms with Gasteiger partial charge in [-0.2, -0.15) is 0 Å². The molecule has 100 valence electrons.